The van der Waals surface area contributed by atoms with Gasteiger partial charge in [0.1, 0.15) is 11.6 Å². The number of likely N-dealkylation sites (N-methyl/N-ethyl adjacent to an activating group) is 2. The van der Waals surface area contributed by atoms with Gasteiger partial charge in [-0.15, -0.1) is 0 Å². The Morgan fingerprint density at radius 3 is 2.71 bits per heavy atom. The van der Waals surface area contributed by atoms with Gasteiger partial charge < -0.3 is 30.2 Å². The summed E-state index contributed by atoms with van der Waals surface area (Å²) in [7, 11) is 7.53. The highest BCUT2D eigenvalue weighted by atomic mass is 19.1. The number of anilines is 4. The number of hydrogen-bond donors (Lipinski definition) is 3. The van der Waals surface area contributed by atoms with E-state index < -0.39 is 0 Å². The monoisotopic (exact) mass is 517 g/mol. The molecule has 3 N–H and O–H groups in total. The molecule has 0 saturated heterocycles. The third kappa shape index (κ3) is 5.60. The quantitative estimate of drug-likeness (QED) is 0.256. The van der Waals surface area contributed by atoms with Crippen molar-refractivity contribution < 1.29 is 13.9 Å². The van der Waals surface area contributed by atoms with Crippen molar-refractivity contribution in [3.8, 4) is 17.0 Å². The molecule has 198 valence electrons. The number of aryl methyl sites for hydroxylation is 1. The summed E-state index contributed by atoms with van der Waals surface area (Å²) in [6.07, 6.45) is 4.64. The van der Waals surface area contributed by atoms with Crippen LogP contribution >= 0.6 is 0 Å². The van der Waals surface area contributed by atoms with Gasteiger partial charge in [-0.2, -0.15) is 0 Å². The Kier molecular flexibility index (Phi) is 7.92. The average molecular weight is 518 g/mol. The van der Waals surface area contributed by atoms with E-state index in [9.17, 15) is 9.18 Å². The molecule has 2 aromatic heterocycles. The number of nitrogens with one attached hydrogen (secondary N) is 3. The van der Waals surface area contributed by atoms with Gasteiger partial charge in [0.25, 0.3) is 0 Å². The molecule has 4 aromatic rings. The lowest BCUT2D eigenvalue weighted by Crippen LogP contribution is -2.29. The number of fused-ring (bicyclic) bond motifs is 1. The van der Waals surface area contributed by atoms with Gasteiger partial charge in [-0.25, -0.2) is 14.4 Å². The molecule has 10 heteroatoms. The molecular weight excluding hydrogens is 485 g/mol. The van der Waals surface area contributed by atoms with Crippen LogP contribution in [0.5, 0.6) is 5.75 Å². The Morgan fingerprint density at radius 1 is 1.21 bits per heavy atom. The SMILES string of the molecule is C=CC(=O)Nc1cc(Nc2ncc(C)c(-c3c[nH]c4cccc(F)c34)n2)c(OC)cc1N(C)CCN(C)C. The zero-order valence-corrected chi connectivity index (χ0v) is 22.2. The molecule has 0 atom stereocenters. The van der Waals surface area contributed by atoms with E-state index in [1.165, 1.54) is 12.1 Å². The van der Waals surface area contributed by atoms with Crippen molar-refractivity contribution in [3.05, 3.63) is 66.8 Å². The number of carbonyl (C=O) groups is 1. The number of hydrogen-bond acceptors (Lipinski definition) is 7. The molecule has 4 rings (SSSR count). The Morgan fingerprint density at radius 2 is 2.00 bits per heavy atom. The number of halogens is 1. The first-order valence-electron chi connectivity index (χ1n) is 12.1. The predicted molar refractivity (Wildman–Crippen MR) is 151 cm³/mol. The maximum absolute atomic E-state index is 14.7. The molecule has 1 amide bonds. The summed E-state index contributed by atoms with van der Waals surface area (Å²) in [5.41, 5.74) is 4.63. The van der Waals surface area contributed by atoms with Gasteiger partial charge in [-0.1, -0.05) is 12.6 Å². The Bertz CT molecular complexity index is 1480. The van der Waals surface area contributed by atoms with Gasteiger partial charge in [-0.05, 0) is 50.9 Å². The van der Waals surface area contributed by atoms with Crippen LogP contribution in [-0.2, 0) is 4.79 Å². The number of aromatic nitrogens is 3. The van der Waals surface area contributed by atoms with Crippen molar-refractivity contribution in [2.45, 2.75) is 6.92 Å². The smallest absolute Gasteiger partial charge is 0.247 e. The van der Waals surface area contributed by atoms with Gasteiger partial charge in [0, 0.05) is 55.1 Å². The fraction of sp³-hybridized carbons (Fsp3) is 0.250. The van der Waals surface area contributed by atoms with Gasteiger partial charge in [-0.3, -0.25) is 4.79 Å². The molecule has 0 fully saturated rings. The van der Waals surface area contributed by atoms with Crippen LogP contribution in [0.4, 0.5) is 27.4 Å². The molecule has 9 nitrogen and oxygen atoms in total. The van der Waals surface area contributed by atoms with E-state index in [1.54, 1.807) is 31.6 Å². The van der Waals surface area contributed by atoms with Crippen LogP contribution in [0.15, 0.2) is 55.4 Å². The third-order valence-corrected chi connectivity index (χ3v) is 6.18. The second kappa shape index (κ2) is 11.3. The number of amides is 1. The number of rotatable bonds is 10. The fourth-order valence-corrected chi connectivity index (χ4v) is 4.13. The molecule has 0 spiro atoms. The summed E-state index contributed by atoms with van der Waals surface area (Å²) in [4.78, 5) is 28.6. The molecule has 0 saturated carbocycles. The van der Waals surface area contributed by atoms with E-state index in [4.69, 9.17) is 9.72 Å². The Balaban J connectivity index is 1.74. The van der Waals surface area contributed by atoms with Crippen LogP contribution in [0.25, 0.3) is 22.2 Å². The maximum Gasteiger partial charge on any atom is 0.247 e. The second-order valence-electron chi connectivity index (χ2n) is 9.20. The van der Waals surface area contributed by atoms with E-state index >= 15 is 0 Å². The summed E-state index contributed by atoms with van der Waals surface area (Å²) in [5.74, 6) is 0.171. The van der Waals surface area contributed by atoms with Gasteiger partial charge >= 0.3 is 0 Å². The fourth-order valence-electron chi connectivity index (χ4n) is 4.13. The molecule has 0 bridgehead atoms. The molecule has 0 aliphatic rings. The van der Waals surface area contributed by atoms with Crippen molar-refractivity contribution in [1.29, 1.82) is 0 Å². The molecular formula is C28H32FN7O2. The van der Waals surface area contributed by atoms with Gasteiger partial charge in [0.2, 0.25) is 11.9 Å². The highest BCUT2D eigenvalue weighted by Crippen LogP contribution is 2.38. The van der Waals surface area contributed by atoms with Crippen LogP contribution in [-0.4, -0.2) is 67.1 Å². The van der Waals surface area contributed by atoms with Crippen molar-refractivity contribution in [1.82, 2.24) is 19.9 Å². The third-order valence-electron chi connectivity index (χ3n) is 6.18. The number of benzene rings is 2. The summed E-state index contributed by atoms with van der Waals surface area (Å²) in [5, 5.41) is 6.56. The summed E-state index contributed by atoms with van der Waals surface area (Å²) in [6.45, 7) is 6.99. The van der Waals surface area contributed by atoms with Crippen molar-refractivity contribution in [3.63, 3.8) is 0 Å². The first-order chi connectivity index (χ1) is 18.2. The summed E-state index contributed by atoms with van der Waals surface area (Å²) in [6, 6.07) is 8.53. The standard InChI is InChI=1S/C28H32FN7O2/c1-7-25(37)32-21-13-22(24(38-6)14-23(21)36(5)12-11-35(3)4)33-28-31-15-17(2)27(34-28)18-16-30-20-10-8-9-19(29)26(18)20/h7-10,13-16,30H,1,11-12H2,2-6H3,(H,32,37)(H,31,33,34). The normalized spacial score (nSPS) is 11.0. The van der Waals surface area contributed by atoms with Crippen LogP contribution in [0.1, 0.15) is 5.56 Å². The zero-order valence-electron chi connectivity index (χ0n) is 22.2. The van der Waals surface area contributed by atoms with E-state index in [1.807, 2.05) is 45.1 Å². The minimum absolute atomic E-state index is 0.296. The van der Waals surface area contributed by atoms with Crippen molar-refractivity contribution >= 4 is 39.8 Å². The number of H-pyrrole nitrogens is 1. The lowest BCUT2D eigenvalue weighted by Gasteiger charge is -2.26. The topological polar surface area (TPSA) is 98.4 Å². The number of ether oxygens (including phenoxy) is 1. The summed E-state index contributed by atoms with van der Waals surface area (Å²) < 4.78 is 20.4. The van der Waals surface area contributed by atoms with Crippen LogP contribution < -0.4 is 20.3 Å². The van der Waals surface area contributed by atoms with E-state index in [0.717, 1.165) is 24.3 Å². The van der Waals surface area contributed by atoms with Crippen LogP contribution in [0, 0.1) is 12.7 Å². The first-order valence-corrected chi connectivity index (χ1v) is 12.1. The highest BCUT2D eigenvalue weighted by molar-refractivity contribution is 6.02. The van der Waals surface area contributed by atoms with Gasteiger partial charge in [0.15, 0.2) is 0 Å². The van der Waals surface area contributed by atoms with Crippen LogP contribution in [0.2, 0.25) is 0 Å². The van der Waals surface area contributed by atoms with E-state index in [0.29, 0.717) is 45.2 Å². The average Bonchev–Trinajstić information content (AvgIpc) is 3.33. The molecule has 0 aliphatic carbocycles. The molecule has 0 aliphatic heterocycles. The second-order valence-corrected chi connectivity index (χ2v) is 9.20. The Hall–Kier alpha value is -4.44. The van der Waals surface area contributed by atoms with Crippen molar-refractivity contribution in [2.24, 2.45) is 0 Å². The molecule has 2 aromatic carbocycles. The molecule has 0 radical (unpaired) electrons. The lowest BCUT2D eigenvalue weighted by atomic mass is 10.1. The number of aromatic amines is 1. The predicted octanol–water partition coefficient (Wildman–Crippen LogP) is 4.95. The minimum atomic E-state index is -0.335. The van der Waals surface area contributed by atoms with E-state index in [2.05, 4.69) is 32.1 Å². The largest absolute Gasteiger partial charge is 0.494 e. The lowest BCUT2D eigenvalue weighted by molar-refractivity contribution is -0.111. The Labute approximate surface area is 221 Å². The molecule has 38 heavy (non-hydrogen) atoms. The number of carbonyl (C=O) groups excluding carboxylic acids is 1. The van der Waals surface area contributed by atoms with E-state index in [-0.39, 0.29) is 11.7 Å². The summed E-state index contributed by atoms with van der Waals surface area (Å²) >= 11 is 0. The first kappa shape index (κ1) is 26.6. The minimum Gasteiger partial charge on any atom is -0.494 e. The maximum atomic E-state index is 14.7. The number of methoxy groups -OCH3 is 1. The highest BCUT2D eigenvalue weighted by Gasteiger charge is 2.18. The number of nitrogens with zero attached hydrogens (tertiary/aromatic N) is 4. The van der Waals surface area contributed by atoms with Gasteiger partial charge in [0.05, 0.1) is 29.9 Å². The molecule has 2 heterocycles. The van der Waals surface area contributed by atoms with Crippen LogP contribution in [0.3, 0.4) is 0 Å². The van der Waals surface area contributed by atoms with Crippen molar-refractivity contribution in [2.75, 3.05) is 56.9 Å². The molecule has 0 unspecified atom stereocenters. The zero-order chi connectivity index (χ0) is 27.4.